The Kier molecular flexibility index (Phi) is 83.5. The van der Waals surface area contributed by atoms with Crippen LogP contribution in [0.1, 0.15) is 129 Å². The van der Waals surface area contributed by atoms with Crippen LogP contribution in [0.15, 0.2) is 267 Å². The average molecular weight is 1710 g/mol. The van der Waals surface area contributed by atoms with Crippen molar-refractivity contribution in [2.45, 2.75) is 121 Å². The summed E-state index contributed by atoms with van der Waals surface area (Å²) in [7, 11) is 7.36. The van der Waals surface area contributed by atoms with E-state index in [1.165, 1.54) is 28.3 Å². The molecule has 12 rings (SSSR count). The lowest BCUT2D eigenvalue weighted by molar-refractivity contribution is -0.137. The van der Waals surface area contributed by atoms with E-state index < -0.39 is 21.2 Å². The molecule has 12 aromatic rings. The minimum absolute atomic E-state index is 0. The molecule has 0 spiro atoms. The van der Waals surface area contributed by atoms with Crippen molar-refractivity contribution in [3.8, 4) is 24.2 Å². The third kappa shape index (κ3) is 75.0. The van der Waals surface area contributed by atoms with Gasteiger partial charge in [-0.15, -0.1) is 42.0 Å². The van der Waals surface area contributed by atoms with Crippen molar-refractivity contribution >= 4 is 78.1 Å². The number of ether oxygens (including phenoxy) is 2. The van der Waals surface area contributed by atoms with Crippen molar-refractivity contribution in [3.63, 3.8) is 0 Å². The van der Waals surface area contributed by atoms with Crippen LogP contribution in [0, 0.1) is 45.0 Å². The molecule has 0 fully saturated rings. The molecule has 0 unspecified atom stereocenters. The third-order valence-electron chi connectivity index (χ3n) is 11.8. The molecule has 6 aromatic heterocycles. The molecular formula is C85H112Cl5N9O15S. The van der Waals surface area contributed by atoms with Gasteiger partial charge < -0.3 is 62.8 Å². The number of nitrogens with two attached hydrogens (primary N) is 1. The number of aromatic nitrogens is 8. The fourth-order valence-corrected chi connectivity index (χ4v) is 7.68. The molecule has 0 saturated heterocycles. The zero-order valence-corrected chi connectivity index (χ0v) is 71.6. The maximum absolute atomic E-state index is 10.8. The lowest BCUT2D eigenvalue weighted by atomic mass is 10.1. The number of halogens is 5. The molecule has 0 aliphatic heterocycles. The number of esters is 2. The molecule has 30 heteroatoms. The summed E-state index contributed by atoms with van der Waals surface area (Å²) in [6, 6.07) is 67.6. The Labute approximate surface area is 704 Å². The van der Waals surface area contributed by atoms with Crippen LogP contribution in [-0.4, -0.2) is 127 Å². The lowest BCUT2D eigenvalue weighted by Crippen LogP contribution is -1.99. The number of aliphatic hydroxyl groups excluding tert-OH is 4. The van der Waals surface area contributed by atoms with E-state index in [9.17, 15) is 14.4 Å². The molecule has 9 N–H and O–H groups in total. The highest BCUT2D eigenvalue weighted by Crippen LogP contribution is 2.13. The molecule has 0 aliphatic carbocycles. The van der Waals surface area contributed by atoms with E-state index in [0.29, 0.717) is 37.7 Å². The quantitative estimate of drug-likeness (QED) is 0.0133. The minimum Gasteiger partial charge on any atom is -0.456 e. The van der Waals surface area contributed by atoms with E-state index in [-0.39, 0.29) is 44.4 Å². The van der Waals surface area contributed by atoms with Gasteiger partial charge in [0.15, 0.2) is 0 Å². The number of rotatable bonds is 13. The van der Waals surface area contributed by atoms with Gasteiger partial charge in [0.25, 0.3) is 5.56 Å². The van der Waals surface area contributed by atoms with Crippen LogP contribution in [0.3, 0.4) is 0 Å². The Morgan fingerprint density at radius 3 is 1.05 bits per heavy atom. The molecule has 0 bridgehead atoms. The van der Waals surface area contributed by atoms with E-state index in [0.717, 1.165) is 77.2 Å². The van der Waals surface area contributed by atoms with Gasteiger partial charge in [0.1, 0.15) is 23.0 Å². The smallest absolute Gasteiger partial charge is 0.384 e. The number of carbonyl (C=O) groups is 2. The number of aromatic amines is 2. The predicted octanol–water partition coefficient (Wildman–Crippen LogP) is 17.0. The van der Waals surface area contributed by atoms with Crippen LogP contribution in [0.4, 0.5) is 0 Å². The van der Waals surface area contributed by atoms with E-state index in [4.69, 9.17) is 71.1 Å². The Morgan fingerprint density at radius 1 is 0.522 bits per heavy atom. The van der Waals surface area contributed by atoms with Crippen LogP contribution in [0.5, 0.6) is 0 Å². The summed E-state index contributed by atoms with van der Waals surface area (Å²) < 4.78 is 40.4. The second kappa shape index (κ2) is 84.7. The SMILES string of the molecule is C#CC(=O)OCC.CCCl.CCO.CCO.CCO.CCO.CCOC(=O)C#CCc1ccccc1.CCn1ccnc1.Cc1cc(Cc2ccccc2)on1.Cc1cc(Cc2ccccc2)on1.Cc1cc(Cc2ccccc2)on1.Cl.ClCc1ccccc1.NO.O=S(Cl)Cl.O=c1cc(Cc2ccccc2)o[nH]1.c1c[nH]cn1. The van der Waals surface area contributed by atoms with Gasteiger partial charge in [-0.3, -0.25) is 4.79 Å². The summed E-state index contributed by atoms with van der Waals surface area (Å²) in [5, 5.41) is 50.5. The Bertz CT molecular complexity index is 3990. The van der Waals surface area contributed by atoms with E-state index >= 15 is 0 Å². The first-order chi connectivity index (χ1) is 55.2. The van der Waals surface area contributed by atoms with Crippen molar-refractivity contribution in [2.75, 3.05) is 45.5 Å². The van der Waals surface area contributed by atoms with Crippen molar-refractivity contribution < 1.29 is 67.0 Å². The fraction of sp³-hybridized carbons (Fsp3) is 0.294. The molecule has 0 radical (unpaired) electrons. The number of aryl methyl sites for hydroxylation is 4. The molecule has 6 aromatic carbocycles. The highest BCUT2D eigenvalue weighted by molar-refractivity contribution is 8.26. The largest absolute Gasteiger partial charge is 0.456 e. The monoisotopic (exact) mass is 1710 g/mol. The van der Waals surface area contributed by atoms with E-state index in [1.807, 2.05) is 202 Å². The van der Waals surface area contributed by atoms with Crippen LogP contribution < -0.4 is 11.5 Å². The van der Waals surface area contributed by atoms with Gasteiger partial charge in [0.2, 0.25) is 9.23 Å². The van der Waals surface area contributed by atoms with Crippen molar-refractivity contribution in [3.05, 3.63) is 328 Å². The number of terminal acetylenes is 1. The van der Waals surface area contributed by atoms with Crippen molar-refractivity contribution in [2.24, 2.45) is 5.90 Å². The maximum Gasteiger partial charge on any atom is 0.384 e. The topological polar surface area (TPSA) is 367 Å². The van der Waals surface area contributed by atoms with E-state index in [2.05, 4.69) is 134 Å². The number of nitrogens with one attached hydrogen (secondary N) is 2. The number of hydrogen-bond donors (Lipinski definition) is 8. The van der Waals surface area contributed by atoms with Gasteiger partial charge >= 0.3 is 11.9 Å². The minimum atomic E-state index is -1.67. The number of aliphatic hydroxyl groups is 4. The van der Waals surface area contributed by atoms with Gasteiger partial charge in [-0.1, -0.05) is 210 Å². The van der Waals surface area contributed by atoms with Gasteiger partial charge in [0.05, 0.1) is 43.0 Å². The summed E-state index contributed by atoms with van der Waals surface area (Å²) in [5.74, 6) is 14.2. The summed E-state index contributed by atoms with van der Waals surface area (Å²) in [6.45, 7) is 22.7. The van der Waals surface area contributed by atoms with E-state index in [1.54, 1.807) is 78.7 Å². The van der Waals surface area contributed by atoms with Gasteiger partial charge in [-0.05, 0) is 103 Å². The number of benzene rings is 6. The molecule has 24 nitrogen and oxygen atoms in total. The molecule has 6 heterocycles. The highest BCUT2D eigenvalue weighted by atomic mass is 36.0. The van der Waals surface area contributed by atoms with Crippen molar-refractivity contribution in [1.29, 1.82) is 0 Å². The Morgan fingerprint density at radius 2 is 0.843 bits per heavy atom. The number of alkyl halides is 2. The maximum atomic E-state index is 10.8. The highest BCUT2D eigenvalue weighted by Gasteiger charge is 2.04. The third-order valence-corrected chi connectivity index (χ3v) is 12.1. The normalized spacial score (nSPS) is 8.77. The molecule has 0 saturated carbocycles. The Balaban J connectivity index is -0.000000386. The zero-order valence-electron chi connectivity index (χ0n) is 67.0. The lowest BCUT2D eigenvalue weighted by Gasteiger charge is -1.94. The first-order valence-electron chi connectivity index (χ1n) is 35.6. The van der Waals surface area contributed by atoms with Gasteiger partial charge in [-0.25, -0.2) is 29.7 Å². The number of carbonyl (C=O) groups excluding carboxylic acids is 2. The predicted molar refractivity (Wildman–Crippen MR) is 463 cm³/mol. The van der Waals surface area contributed by atoms with Crippen LogP contribution in [0.25, 0.3) is 0 Å². The summed E-state index contributed by atoms with van der Waals surface area (Å²) in [4.78, 5) is 41.8. The number of hydrogen-bond acceptors (Lipinski definition) is 21. The zero-order chi connectivity index (χ0) is 85.9. The standard InChI is InChI=1S/C12H12O2.3C11H11NO.C10H9NO2.C7H7Cl.C5H8N2.C5H6O2.C3H4N2.C2H5Cl.4C2H6O.Cl2OS.ClH.H3NO/c1-2-14-12(13)10-6-9-11-7-4-3-5-8-11;3*1-9-7-11(13-12-9)8-10-5-3-2-4-6-10;12-10-7-9(13-11-10)6-8-4-2-1-3-5-8;8-6-7-4-2-1-3-5-7;1-2-7-4-3-6-5-7;1-3-5(6)7-4-2;1-2-5-3-4-1;5*1-2-3;1-4(2)3;;1-2/h3-5,7-8H,2,9H2,1H3;3*2-7H,8H2,1H3;1-5,7H,6H2,(H,11,12);1-5H,6H2;3-5H,2H2,1H3;1H,4H2,2H3;1-3H,(H,4,5);2H2,1H3;4*3H,2H2,1H3;;1H;2H,1H2. The average Bonchev–Trinajstić information content (AvgIpc) is 1.79. The number of nitrogens with zero attached hydrogens (tertiary/aromatic N) is 6. The van der Waals surface area contributed by atoms with Crippen LogP contribution in [0.2, 0.25) is 0 Å². The Hall–Kier alpha value is -10.2. The van der Waals surface area contributed by atoms with Gasteiger partial charge in [0, 0.05) is 159 Å². The summed E-state index contributed by atoms with van der Waals surface area (Å²) >= 11 is 10.5. The van der Waals surface area contributed by atoms with Gasteiger partial charge in [-0.2, -0.15) is 5.16 Å². The molecule has 628 valence electrons. The molecule has 0 amide bonds. The molecule has 115 heavy (non-hydrogen) atoms. The fourth-order valence-electron chi connectivity index (χ4n) is 7.51. The summed E-state index contributed by atoms with van der Waals surface area (Å²) in [5.41, 5.74) is 9.77. The summed E-state index contributed by atoms with van der Waals surface area (Å²) in [6.07, 6.45) is 18.9. The van der Waals surface area contributed by atoms with Crippen molar-refractivity contribution in [1.82, 2.24) is 40.1 Å². The second-order valence-corrected chi connectivity index (χ2v) is 24.5. The van der Waals surface area contributed by atoms with Crippen LogP contribution in [-0.2, 0) is 72.8 Å². The first kappa shape index (κ1) is 113. The first-order valence-corrected chi connectivity index (χ1v) is 39.5. The number of imidazole rings is 2. The van der Waals surface area contributed by atoms with Crippen LogP contribution >= 0.6 is 57.0 Å². The molecule has 0 atom stereocenters. The second-order valence-electron chi connectivity index (χ2n) is 21.2. The molecular weight excluding hydrogens is 1600 g/mol. The molecule has 0 aliphatic rings. The number of H-pyrrole nitrogens is 2.